The third-order valence-electron chi connectivity index (χ3n) is 2.78. The monoisotopic (exact) mass is 235 g/mol. The van der Waals surface area contributed by atoms with Crippen LogP contribution in [0, 0.1) is 5.41 Å². The van der Waals surface area contributed by atoms with Crippen molar-refractivity contribution in [2.45, 2.75) is 12.5 Å². The summed E-state index contributed by atoms with van der Waals surface area (Å²) in [6.07, 6.45) is 0.546. The van der Waals surface area contributed by atoms with Gasteiger partial charge in [0.2, 0.25) is 0 Å². The number of likely N-dealkylation sites (N-methyl/N-ethyl adjacent to an activating group) is 1. The van der Waals surface area contributed by atoms with Crippen molar-refractivity contribution in [2.24, 2.45) is 5.73 Å². The van der Waals surface area contributed by atoms with Gasteiger partial charge in [0.25, 0.3) is 0 Å². The molecule has 0 spiro atoms. The molecule has 1 atom stereocenters. The summed E-state index contributed by atoms with van der Waals surface area (Å²) in [4.78, 5) is 2.17. The van der Waals surface area contributed by atoms with Gasteiger partial charge in [-0.25, -0.2) is 0 Å². The number of methoxy groups -OCH3 is 1. The number of nitrogens with zero attached hydrogens (tertiary/aromatic N) is 1. The molecular formula is C13H21N3O. The second-order valence-corrected chi connectivity index (χ2v) is 4.13. The van der Waals surface area contributed by atoms with Crippen LogP contribution in [0.15, 0.2) is 30.3 Å². The van der Waals surface area contributed by atoms with E-state index in [1.807, 2.05) is 25.2 Å². The van der Waals surface area contributed by atoms with Gasteiger partial charge in [-0.15, -0.1) is 0 Å². The summed E-state index contributed by atoms with van der Waals surface area (Å²) >= 11 is 0. The summed E-state index contributed by atoms with van der Waals surface area (Å²) in [6.45, 7) is 1.50. The first-order valence-electron chi connectivity index (χ1n) is 5.72. The van der Waals surface area contributed by atoms with Crippen LogP contribution in [0.1, 0.15) is 18.0 Å². The lowest BCUT2D eigenvalue weighted by Gasteiger charge is -2.28. The van der Waals surface area contributed by atoms with Crippen molar-refractivity contribution in [2.75, 3.05) is 27.3 Å². The second-order valence-electron chi connectivity index (χ2n) is 4.13. The van der Waals surface area contributed by atoms with Crippen LogP contribution in [-0.4, -0.2) is 38.0 Å². The van der Waals surface area contributed by atoms with Gasteiger partial charge in [0.1, 0.15) is 0 Å². The minimum Gasteiger partial charge on any atom is -0.388 e. The Kier molecular flexibility index (Phi) is 5.66. The van der Waals surface area contributed by atoms with Crippen molar-refractivity contribution >= 4 is 5.84 Å². The van der Waals surface area contributed by atoms with Gasteiger partial charge in [-0.05, 0) is 12.6 Å². The van der Waals surface area contributed by atoms with Crippen LogP contribution in [-0.2, 0) is 4.74 Å². The molecule has 0 aliphatic heterocycles. The molecule has 1 aromatic carbocycles. The Morgan fingerprint density at radius 2 is 2.06 bits per heavy atom. The van der Waals surface area contributed by atoms with Crippen LogP contribution >= 0.6 is 0 Å². The van der Waals surface area contributed by atoms with E-state index in [2.05, 4.69) is 17.0 Å². The first-order valence-corrected chi connectivity index (χ1v) is 5.72. The summed E-state index contributed by atoms with van der Waals surface area (Å²) in [7, 11) is 3.72. The van der Waals surface area contributed by atoms with Crippen LogP contribution in [0.4, 0.5) is 0 Å². The van der Waals surface area contributed by atoms with E-state index in [1.165, 1.54) is 5.56 Å². The van der Waals surface area contributed by atoms with Gasteiger partial charge in [0, 0.05) is 26.1 Å². The normalized spacial score (nSPS) is 12.6. The van der Waals surface area contributed by atoms with E-state index in [4.69, 9.17) is 15.9 Å². The molecule has 0 radical (unpaired) electrons. The summed E-state index contributed by atoms with van der Waals surface area (Å²) in [5.41, 5.74) is 6.70. The Hall–Kier alpha value is -1.39. The average molecular weight is 235 g/mol. The lowest BCUT2D eigenvalue weighted by molar-refractivity contribution is 0.140. The number of hydrogen-bond acceptors (Lipinski definition) is 3. The molecule has 0 fully saturated rings. The Bertz CT molecular complexity index is 340. The van der Waals surface area contributed by atoms with Crippen LogP contribution < -0.4 is 5.73 Å². The molecule has 17 heavy (non-hydrogen) atoms. The number of amidine groups is 1. The van der Waals surface area contributed by atoms with Crippen LogP contribution in [0.5, 0.6) is 0 Å². The fourth-order valence-corrected chi connectivity index (χ4v) is 1.80. The Balaban J connectivity index is 2.76. The van der Waals surface area contributed by atoms with Gasteiger partial charge < -0.3 is 10.5 Å². The van der Waals surface area contributed by atoms with Gasteiger partial charge in [0.05, 0.1) is 12.4 Å². The molecule has 1 rings (SSSR count). The maximum absolute atomic E-state index is 7.46. The van der Waals surface area contributed by atoms with Crippen molar-refractivity contribution in [3.8, 4) is 0 Å². The highest BCUT2D eigenvalue weighted by Gasteiger charge is 2.17. The van der Waals surface area contributed by atoms with Crippen molar-refractivity contribution in [1.82, 2.24) is 4.90 Å². The smallest absolute Gasteiger partial charge is 0.0924 e. The topological polar surface area (TPSA) is 62.3 Å². The molecule has 1 unspecified atom stereocenters. The summed E-state index contributed by atoms with van der Waals surface area (Å²) < 4.78 is 5.08. The minimum absolute atomic E-state index is 0.142. The third-order valence-corrected chi connectivity index (χ3v) is 2.78. The largest absolute Gasteiger partial charge is 0.388 e. The minimum atomic E-state index is 0.142. The number of rotatable bonds is 7. The van der Waals surface area contributed by atoms with E-state index in [9.17, 15) is 0 Å². The quantitative estimate of drug-likeness (QED) is 0.558. The predicted octanol–water partition coefficient (Wildman–Crippen LogP) is 1.63. The van der Waals surface area contributed by atoms with Crippen molar-refractivity contribution in [3.63, 3.8) is 0 Å². The molecule has 0 aromatic heterocycles. The number of benzene rings is 1. The number of nitrogens with two attached hydrogens (primary N) is 1. The Morgan fingerprint density at radius 3 is 2.59 bits per heavy atom. The molecule has 1 aromatic rings. The van der Waals surface area contributed by atoms with Crippen molar-refractivity contribution in [3.05, 3.63) is 35.9 Å². The Morgan fingerprint density at radius 1 is 1.41 bits per heavy atom. The second kappa shape index (κ2) is 7.04. The van der Waals surface area contributed by atoms with Gasteiger partial charge in [0.15, 0.2) is 0 Å². The lowest BCUT2D eigenvalue weighted by atomic mass is 10.0. The number of hydrogen-bond donors (Lipinski definition) is 2. The van der Waals surface area contributed by atoms with Gasteiger partial charge in [-0.1, -0.05) is 30.3 Å². The molecule has 0 amide bonds. The zero-order valence-corrected chi connectivity index (χ0v) is 10.5. The standard InChI is InChI=1S/C13H21N3O/c1-16(8-9-17-2)12(10-13(14)15)11-6-4-3-5-7-11/h3-7,12H,8-10H2,1-2H3,(H3,14,15). The van der Waals surface area contributed by atoms with Crippen LogP contribution in [0.25, 0.3) is 0 Å². The van der Waals surface area contributed by atoms with E-state index in [0.717, 1.165) is 6.54 Å². The Labute approximate surface area is 103 Å². The molecule has 4 nitrogen and oxygen atoms in total. The molecule has 0 heterocycles. The van der Waals surface area contributed by atoms with Gasteiger partial charge in [-0.3, -0.25) is 10.3 Å². The molecule has 3 N–H and O–H groups in total. The summed E-state index contributed by atoms with van der Waals surface area (Å²) in [5.74, 6) is 0.211. The molecule has 0 aliphatic rings. The summed E-state index contributed by atoms with van der Waals surface area (Å²) in [5, 5.41) is 7.46. The predicted molar refractivity (Wildman–Crippen MR) is 70.2 cm³/mol. The number of ether oxygens (including phenoxy) is 1. The van der Waals surface area contributed by atoms with E-state index < -0.39 is 0 Å². The first-order chi connectivity index (χ1) is 8.15. The fourth-order valence-electron chi connectivity index (χ4n) is 1.80. The van der Waals surface area contributed by atoms with E-state index in [1.54, 1.807) is 7.11 Å². The number of nitrogens with one attached hydrogen (secondary N) is 1. The molecular weight excluding hydrogens is 214 g/mol. The van der Waals surface area contributed by atoms with E-state index in [0.29, 0.717) is 13.0 Å². The molecule has 94 valence electrons. The fraction of sp³-hybridized carbons (Fsp3) is 0.462. The summed E-state index contributed by atoms with van der Waals surface area (Å²) in [6, 6.07) is 10.3. The van der Waals surface area contributed by atoms with Crippen LogP contribution in [0.2, 0.25) is 0 Å². The SMILES string of the molecule is COCCN(C)C(CC(=N)N)c1ccccc1. The van der Waals surface area contributed by atoms with Crippen LogP contribution in [0.3, 0.4) is 0 Å². The van der Waals surface area contributed by atoms with E-state index in [-0.39, 0.29) is 11.9 Å². The average Bonchev–Trinajstić information content (AvgIpc) is 2.34. The maximum atomic E-state index is 7.46. The molecule has 0 saturated heterocycles. The highest BCUT2D eigenvalue weighted by Crippen LogP contribution is 2.22. The maximum Gasteiger partial charge on any atom is 0.0924 e. The zero-order valence-electron chi connectivity index (χ0n) is 10.5. The highest BCUT2D eigenvalue weighted by molar-refractivity contribution is 5.77. The van der Waals surface area contributed by atoms with Gasteiger partial charge in [-0.2, -0.15) is 0 Å². The van der Waals surface area contributed by atoms with Crippen molar-refractivity contribution in [1.29, 1.82) is 5.41 Å². The zero-order chi connectivity index (χ0) is 12.7. The van der Waals surface area contributed by atoms with E-state index >= 15 is 0 Å². The molecule has 0 bridgehead atoms. The molecule has 4 heteroatoms. The van der Waals surface area contributed by atoms with Gasteiger partial charge >= 0.3 is 0 Å². The highest BCUT2D eigenvalue weighted by atomic mass is 16.5. The molecule has 0 saturated carbocycles. The molecule has 0 aliphatic carbocycles. The first kappa shape index (κ1) is 13.7. The van der Waals surface area contributed by atoms with Crippen molar-refractivity contribution < 1.29 is 4.74 Å². The lowest BCUT2D eigenvalue weighted by Crippen LogP contribution is -2.31. The third kappa shape index (κ3) is 4.54.